The van der Waals surface area contributed by atoms with E-state index in [1.165, 1.54) is 24.4 Å². The second-order valence-electron chi connectivity index (χ2n) is 3.53. The van der Waals surface area contributed by atoms with Gasteiger partial charge in [-0.25, -0.2) is 0 Å². The zero-order chi connectivity index (χ0) is 13.3. The molecule has 2 aromatic rings. The van der Waals surface area contributed by atoms with Gasteiger partial charge in [0.2, 0.25) is 0 Å². The van der Waals surface area contributed by atoms with Crippen molar-refractivity contribution in [1.29, 1.82) is 0 Å². The van der Waals surface area contributed by atoms with E-state index in [4.69, 9.17) is 11.6 Å². The Morgan fingerprint density at radius 1 is 1.17 bits per heavy atom. The van der Waals surface area contributed by atoms with E-state index in [0.717, 1.165) is 9.64 Å². The Morgan fingerprint density at radius 2 is 1.83 bits per heavy atom. The van der Waals surface area contributed by atoms with Crippen LogP contribution in [-0.2, 0) is 6.18 Å². The first-order valence-corrected chi connectivity index (χ1v) is 6.33. The summed E-state index contributed by atoms with van der Waals surface area (Å²) in [6.07, 6.45) is -2.94. The Morgan fingerprint density at radius 3 is 2.44 bits per heavy atom. The average Bonchev–Trinajstić information content (AvgIpc) is 2.28. The number of benzene rings is 1. The zero-order valence-electron chi connectivity index (χ0n) is 8.80. The van der Waals surface area contributed by atoms with Crippen LogP contribution in [0, 0.1) is 3.57 Å². The number of hydrogen-bond acceptors (Lipinski definition) is 1. The van der Waals surface area contributed by atoms with E-state index < -0.39 is 11.7 Å². The van der Waals surface area contributed by atoms with E-state index in [1.807, 2.05) is 22.6 Å². The van der Waals surface area contributed by atoms with Crippen LogP contribution in [-0.4, -0.2) is 4.98 Å². The van der Waals surface area contributed by atoms with E-state index in [9.17, 15) is 13.2 Å². The largest absolute Gasteiger partial charge is 0.417 e. The Balaban J connectivity index is 2.64. The predicted molar refractivity (Wildman–Crippen MR) is 72.4 cm³/mol. The normalized spacial score (nSPS) is 11.6. The summed E-state index contributed by atoms with van der Waals surface area (Å²) >= 11 is 7.95. The van der Waals surface area contributed by atoms with Crippen molar-refractivity contribution in [2.24, 2.45) is 0 Å². The van der Waals surface area contributed by atoms with Crippen molar-refractivity contribution in [3.63, 3.8) is 0 Å². The maximum absolute atomic E-state index is 12.9. The molecule has 0 aliphatic heterocycles. The van der Waals surface area contributed by atoms with E-state index in [1.54, 1.807) is 6.07 Å². The summed E-state index contributed by atoms with van der Waals surface area (Å²) in [6.45, 7) is 0. The zero-order valence-corrected chi connectivity index (χ0v) is 11.7. The van der Waals surface area contributed by atoms with E-state index in [-0.39, 0.29) is 16.3 Å². The van der Waals surface area contributed by atoms with E-state index >= 15 is 0 Å². The van der Waals surface area contributed by atoms with Crippen LogP contribution in [0.3, 0.4) is 0 Å². The third-order valence-corrected chi connectivity index (χ3v) is 3.17. The van der Waals surface area contributed by atoms with Crippen LogP contribution in [0.5, 0.6) is 0 Å². The number of hydrogen-bond donors (Lipinski definition) is 0. The fraction of sp³-hybridized carbons (Fsp3) is 0.0833. The summed E-state index contributed by atoms with van der Waals surface area (Å²) < 4.78 is 39.4. The van der Waals surface area contributed by atoms with Crippen molar-refractivity contribution in [3.8, 4) is 11.3 Å². The van der Waals surface area contributed by atoms with Crippen molar-refractivity contribution < 1.29 is 13.2 Å². The van der Waals surface area contributed by atoms with Crippen LogP contribution in [0.2, 0.25) is 5.02 Å². The molecule has 0 atom stereocenters. The van der Waals surface area contributed by atoms with Gasteiger partial charge < -0.3 is 0 Å². The highest BCUT2D eigenvalue weighted by atomic mass is 127. The summed E-state index contributed by atoms with van der Waals surface area (Å²) in [5, 5.41) is 0.207. The molecular weight excluding hydrogens is 377 g/mol. The van der Waals surface area contributed by atoms with Gasteiger partial charge in [-0.15, -0.1) is 0 Å². The molecule has 0 aliphatic carbocycles. The van der Waals surface area contributed by atoms with Crippen LogP contribution < -0.4 is 0 Å². The standard InChI is InChI=1S/C12H6ClF3IN/c13-10-5-7(17)6-18-11(10)8-3-1-2-4-9(8)12(14,15)16/h1-6H. The van der Waals surface area contributed by atoms with Gasteiger partial charge in [-0.2, -0.15) is 13.2 Å². The Bertz CT molecular complexity index is 584. The maximum Gasteiger partial charge on any atom is 0.417 e. The smallest absolute Gasteiger partial charge is 0.254 e. The fourth-order valence-electron chi connectivity index (χ4n) is 1.55. The SMILES string of the molecule is FC(F)(F)c1ccccc1-c1ncc(I)cc1Cl. The summed E-state index contributed by atoms with van der Waals surface area (Å²) in [5.41, 5.74) is -0.600. The lowest BCUT2D eigenvalue weighted by Crippen LogP contribution is -2.07. The van der Waals surface area contributed by atoms with Crippen molar-refractivity contribution >= 4 is 34.2 Å². The monoisotopic (exact) mass is 383 g/mol. The second kappa shape index (κ2) is 5.05. The summed E-state index contributed by atoms with van der Waals surface area (Å²) in [5.74, 6) is 0. The van der Waals surface area contributed by atoms with Gasteiger partial charge in [0.15, 0.2) is 0 Å². The van der Waals surface area contributed by atoms with Crippen molar-refractivity contribution in [1.82, 2.24) is 4.98 Å². The highest BCUT2D eigenvalue weighted by Gasteiger charge is 2.34. The van der Waals surface area contributed by atoms with Gasteiger partial charge in [0.1, 0.15) is 0 Å². The highest BCUT2D eigenvalue weighted by Crippen LogP contribution is 2.38. The number of alkyl halides is 3. The molecule has 0 unspecified atom stereocenters. The molecule has 1 aromatic carbocycles. The molecular formula is C12H6ClF3IN. The molecule has 0 N–H and O–H groups in total. The molecule has 94 valence electrons. The maximum atomic E-state index is 12.9. The molecule has 18 heavy (non-hydrogen) atoms. The molecule has 0 bridgehead atoms. The van der Waals surface area contributed by atoms with Crippen LogP contribution in [0.4, 0.5) is 13.2 Å². The number of aromatic nitrogens is 1. The number of pyridine rings is 1. The molecule has 0 saturated carbocycles. The van der Waals surface area contributed by atoms with Gasteiger partial charge in [-0.3, -0.25) is 4.98 Å². The topological polar surface area (TPSA) is 12.9 Å². The van der Waals surface area contributed by atoms with Crippen molar-refractivity contribution in [3.05, 3.63) is 50.7 Å². The summed E-state index contributed by atoms with van der Waals surface area (Å²) in [4.78, 5) is 3.98. The molecule has 2 rings (SSSR count). The van der Waals surface area contributed by atoms with Crippen molar-refractivity contribution in [2.75, 3.05) is 0 Å². The van der Waals surface area contributed by atoms with Gasteiger partial charge in [0.25, 0.3) is 0 Å². The predicted octanol–water partition coefficient (Wildman–Crippen LogP) is 5.03. The molecule has 0 fully saturated rings. The van der Waals surface area contributed by atoms with Gasteiger partial charge in [-0.05, 0) is 34.7 Å². The van der Waals surface area contributed by atoms with Crippen molar-refractivity contribution in [2.45, 2.75) is 6.18 Å². The molecule has 0 amide bonds. The number of rotatable bonds is 1. The quantitative estimate of drug-likeness (QED) is 0.630. The first-order valence-electron chi connectivity index (χ1n) is 4.87. The van der Waals surface area contributed by atoms with Crippen LogP contribution in [0.15, 0.2) is 36.5 Å². The van der Waals surface area contributed by atoms with Crippen LogP contribution >= 0.6 is 34.2 Å². The third-order valence-electron chi connectivity index (χ3n) is 2.30. The van der Waals surface area contributed by atoms with Gasteiger partial charge in [0.05, 0.1) is 16.3 Å². The Kier molecular flexibility index (Phi) is 3.82. The lowest BCUT2D eigenvalue weighted by atomic mass is 10.0. The van der Waals surface area contributed by atoms with Crippen LogP contribution in [0.1, 0.15) is 5.56 Å². The van der Waals surface area contributed by atoms with Gasteiger partial charge in [0, 0.05) is 15.3 Å². The molecule has 1 heterocycles. The number of nitrogens with zero attached hydrogens (tertiary/aromatic N) is 1. The van der Waals surface area contributed by atoms with Gasteiger partial charge in [-0.1, -0.05) is 29.8 Å². The lowest BCUT2D eigenvalue weighted by Gasteiger charge is -2.13. The minimum atomic E-state index is -4.43. The molecule has 6 heteroatoms. The minimum Gasteiger partial charge on any atom is -0.254 e. The Labute approximate surface area is 120 Å². The second-order valence-corrected chi connectivity index (χ2v) is 5.18. The first-order chi connectivity index (χ1) is 8.39. The van der Waals surface area contributed by atoms with Crippen LogP contribution in [0.25, 0.3) is 11.3 Å². The molecule has 1 aromatic heterocycles. The Hall–Kier alpha value is -0.820. The average molecular weight is 384 g/mol. The van der Waals surface area contributed by atoms with Gasteiger partial charge >= 0.3 is 6.18 Å². The lowest BCUT2D eigenvalue weighted by molar-refractivity contribution is -0.137. The molecule has 0 aliphatic rings. The first kappa shape index (κ1) is 13.6. The summed E-state index contributed by atoms with van der Waals surface area (Å²) in [6, 6.07) is 6.83. The summed E-state index contributed by atoms with van der Waals surface area (Å²) in [7, 11) is 0. The molecule has 1 nitrogen and oxygen atoms in total. The molecule has 0 radical (unpaired) electrons. The fourth-order valence-corrected chi connectivity index (χ4v) is 2.45. The third kappa shape index (κ3) is 2.77. The highest BCUT2D eigenvalue weighted by molar-refractivity contribution is 14.1. The minimum absolute atomic E-state index is 0.00796. The number of halogens is 5. The molecule has 0 spiro atoms. The molecule has 0 saturated heterocycles. The van der Waals surface area contributed by atoms with E-state index in [2.05, 4.69) is 4.98 Å². The van der Waals surface area contributed by atoms with E-state index in [0.29, 0.717) is 0 Å².